The molecule has 1 saturated heterocycles. The molecule has 12 heteroatoms. The normalized spacial score (nSPS) is 15.0. The van der Waals surface area contributed by atoms with Gasteiger partial charge < -0.3 is 24.8 Å². The molecule has 10 nitrogen and oxygen atoms in total. The van der Waals surface area contributed by atoms with Gasteiger partial charge in [-0.15, -0.1) is 0 Å². The molecular weight excluding hydrogens is 499 g/mol. The molecule has 1 atom stereocenters. The fourth-order valence-electron chi connectivity index (χ4n) is 3.15. The van der Waals surface area contributed by atoms with Crippen LogP contribution in [0.2, 0.25) is 10.0 Å². The highest BCUT2D eigenvalue weighted by molar-refractivity contribution is 6.35. The minimum absolute atomic E-state index is 0.0761. The summed E-state index contributed by atoms with van der Waals surface area (Å²) in [4.78, 5) is 36.0. The van der Waals surface area contributed by atoms with Crippen molar-refractivity contribution in [2.45, 2.75) is 18.9 Å². The summed E-state index contributed by atoms with van der Waals surface area (Å²) in [5.41, 5.74) is 3.06. The number of carbonyl (C=O) groups excluding carboxylic acids is 3. The Morgan fingerprint density at radius 1 is 1.17 bits per heavy atom. The lowest BCUT2D eigenvalue weighted by Crippen LogP contribution is -2.41. The summed E-state index contributed by atoms with van der Waals surface area (Å²) in [6.45, 7) is 0.578. The molecule has 3 rings (SSSR count). The highest BCUT2D eigenvalue weighted by Gasteiger charge is 2.19. The molecule has 0 saturated carbocycles. The lowest BCUT2D eigenvalue weighted by atomic mass is 10.2. The van der Waals surface area contributed by atoms with E-state index in [-0.39, 0.29) is 35.8 Å². The van der Waals surface area contributed by atoms with Gasteiger partial charge in [0.2, 0.25) is 0 Å². The number of hydrogen-bond acceptors (Lipinski definition) is 7. The number of ether oxygens (including phenoxy) is 3. The van der Waals surface area contributed by atoms with Crippen LogP contribution in [0.1, 0.15) is 18.4 Å². The molecule has 3 N–H and O–H groups in total. The van der Waals surface area contributed by atoms with Gasteiger partial charge in [0.25, 0.3) is 5.91 Å². The number of nitrogens with zero attached hydrogens (tertiary/aromatic N) is 1. The van der Waals surface area contributed by atoms with E-state index in [0.29, 0.717) is 22.9 Å². The lowest BCUT2D eigenvalue weighted by molar-refractivity contribution is -0.139. The predicted octanol–water partition coefficient (Wildman–Crippen LogP) is 2.76. The van der Waals surface area contributed by atoms with Crippen LogP contribution in [0.25, 0.3) is 0 Å². The first-order valence-electron chi connectivity index (χ1n) is 10.6. The van der Waals surface area contributed by atoms with E-state index in [0.717, 1.165) is 12.8 Å². The van der Waals surface area contributed by atoms with Gasteiger partial charge in [-0.1, -0.05) is 35.3 Å². The first-order valence-corrected chi connectivity index (χ1v) is 11.4. The van der Waals surface area contributed by atoms with E-state index >= 15 is 0 Å². The summed E-state index contributed by atoms with van der Waals surface area (Å²) in [6, 6.07) is 9.84. The Bertz CT molecular complexity index is 1110. The predicted molar refractivity (Wildman–Crippen MR) is 131 cm³/mol. The Morgan fingerprint density at radius 2 is 1.97 bits per heavy atom. The topological polar surface area (TPSA) is 127 Å². The number of anilines is 1. The molecule has 0 spiro atoms. The monoisotopic (exact) mass is 522 g/mol. The van der Waals surface area contributed by atoms with Crippen molar-refractivity contribution in [1.29, 1.82) is 0 Å². The summed E-state index contributed by atoms with van der Waals surface area (Å²) < 4.78 is 16.2. The number of rotatable bonds is 9. The molecule has 0 aromatic heterocycles. The molecule has 0 radical (unpaired) electrons. The van der Waals surface area contributed by atoms with Gasteiger partial charge in [-0.2, -0.15) is 5.10 Å². The van der Waals surface area contributed by atoms with Gasteiger partial charge in [0.05, 0.1) is 35.2 Å². The summed E-state index contributed by atoms with van der Waals surface area (Å²) in [5.74, 6) is -1.78. The molecule has 1 aliphatic heterocycles. The fraction of sp³-hybridized carbons (Fsp3) is 0.304. The number of hydrazone groups is 1. The molecule has 3 amide bonds. The van der Waals surface area contributed by atoms with E-state index in [4.69, 9.17) is 37.4 Å². The van der Waals surface area contributed by atoms with Crippen LogP contribution in [-0.2, 0) is 19.1 Å². The number of carbonyl (C=O) groups is 3. The van der Waals surface area contributed by atoms with E-state index < -0.39 is 17.7 Å². The third kappa shape index (κ3) is 7.84. The number of benzene rings is 2. The molecule has 0 bridgehead atoms. The molecule has 1 fully saturated rings. The third-order valence-corrected chi connectivity index (χ3v) is 5.46. The zero-order valence-electron chi connectivity index (χ0n) is 18.8. The zero-order valence-corrected chi connectivity index (χ0v) is 20.3. The minimum atomic E-state index is -0.915. The SMILES string of the molecule is COc1cc(/C=N\NC(=O)C(=O)NC[C@@H]2CCCO2)cc(Cl)c1OCC(=O)Nc1ccccc1Cl. The van der Waals surface area contributed by atoms with E-state index in [9.17, 15) is 14.4 Å². The molecule has 2 aromatic carbocycles. The maximum Gasteiger partial charge on any atom is 0.329 e. The number of para-hydroxylation sites is 1. The van der Waals surface area contributed by atoms with E-state index in [2.05, 4.69) is 21.2 Å². The highest BCUT2D eigenvalue weighted by Crippen LogP contribution is 2.36. The average molecular weight is 523 g/mol. The van der Waals surface area contributed by atoms with Gasteiger partial charge in [-0.05, 0) is 42.7 Å². The first kappa shape index (κ1) is 26.3. The molecule has 35 heavy (non-hydrogen) atoms. The summed E-state index contributed by atoms with van der Waals surface area (Å²) in [5, 5.41) is 9.46. The summed E-state index contributed by atoms with van der Waals surface area (Å²) in [7, 11) is 1.41. The first-order chi connectivity index (χ1) is 16.9. The van der Waals surface area contributed by atoms with Gasteiger partial charge in [-0.3, -0.25) is 14.4 Å². The Balaban J connectivity index is 1.53. The van der Waals surface area contributed by atoms with Gasteiger partial charge >= 0.3 is 11.8 Å². The number of methoxy groups -OCH3 is 1. The van der Waals surface area contributed by atoms with Gasteiger partial charge in [-0.25, -0.2) is 5.43 Å². The Morgan fingerprint density at radius 3 is 2.69 bits per heavy atom. The maximum atomic E-state index is 12.2. The Kier molecular flexibility index (Phi) is 9.71. The van der Waals surface area contributed by atoms with Crippen LogP contribution in [0, 0.1) is 0 Å². The highest BCUT2D eigenvalue weighted by atomic mass is 35.5. The van der Waals surface area contributed by atoms with Crippen LogP contribution in [-0.4, -0.2) is 56.9 Å². The molecular formula is C23H24Cl2N4O6. The third-order valence-electron chi connectivity index (χ3n) is 4.85. The quantitative estimate of drug-likeness (QED) is 0.264. The average Bonchev–Trinajstić information content (AvgIpc) is 3.36. The van der Waals surface area contributed by atoms with Gasteiger partial charge in [0.15, 0.2) is 18.1 Å². The molecule has 1 heterocycles. The summed E-state index contributed by atoms with van der Waals surface area (Å²) in [6.07, 6.45) is 2.98. The largest absolute Gasteiger partial charge is 0.493 e. The second kappa shape index (κ2) is 12.9. The van der Waals surface area contributed by atoms with Crippen molar-refractivity contribution in [3.8, 4) is 11.5 Å². The molecule has 0 unspecified atom stereocenters. The molecule has 186 valence electrons. The van der Waals surface area contributed by atoms with Gasteiger partial charge in [0, 0.05) is 13.2 Å². The van der Waals surface area contributed by atoms with Crippen molar-refractivity contribution in [3.63, 3.8) is 0 Å². The Labute approximate surface area is 211 Å². The van der Waals surface area contributed by atoms with Crippen molar-refractivity contribution in [1.82, 2.24) is 10.7 Å². The molecule has 0 aliphatic carbocycles. The Hall–Kier alpha value is -3.34. The number of halogens is 2. The van der Waals surface area contributed by atoms with Crippen molar-refractivity contribution >= 4 is 52.8 Å². The van der Waals surface area contributed by atoms with E-state index in [1.165, 1.54) is 19.4 Å². The molecule has 1 aliphatic rings. The fourth-order valence-corrected chi connectivity index (χ4v) is 3.61. The van der Waals surface area contributed by atoms with Gasteiger partial charge in [0.1, 0.15) is 0 Å². The lowest BCUT2D eigenvalue weighted by Gasteiger charge is -2.13. The molecule has 2 aromatic rings. The van der Waals surface area contributed by atoms with Crippen molar-refractivity contribution in [2.75, 3.05) is 32.2 Å². The van der Waals surface area contributed by atoms with Crippen molar-refractivity contribution in [2.24, 2.45) is 5.10 Å². The van der Waals surface area contributed by atoms with Crippen LogP contribution >= 0.6 is 23.2 Å². The van der Waals surface area contributed by atoms with Crippen molar-refractivity contribution in [3.05, 3.63) is 52.0 Å². The number of nitrogens with one attached hydrogen (secondary N) is 3. The second-order valence-corrected chi connectivity index (χ2v) is 8.21. The van der Waals surface area contributed by atoms with Crippen LogP contribution in [0.4, 0.5) is 5.69 Å². The maximum absolute atomic E-state index is 12.2. The minimum Gasteiger partial charge on any atom is -0.493 e. The number of amides is 3. The summed E-state index contributed by atoms with van der Waals surface area (Å²) >= 11 is 12.3. The van der Waals surface area contributed by atoms with Crippen LogP contribution < -0.4 is 25.5 Å². The van der Waals surface area contributed by atoms with Crippen molar-refractivity contribution < 1.29 is 28.6 Å². The van der Waals surface area contributed by atoms with E-state index in [1.54, 1.807) is 30.3 Å². The number of hydrogen-bond donors (Lipinski definition) is 3. The van der Waals surface area contributed by atoms with E-state index in [1.807, 2.05) is 0 Å². The van der Waals surface area contributed by atoms with Crippen LogP contribution in [0.5, 0.6) is 11.5 Å². The standard InChI is InChI=1S/C23H24Cl2N4O6/c1-33-19-10-14(11-27-29-23(32)22(31)26-12-15-5-4-8-34-15)9-17(25)21(19)35-13-20(30)28-18-7-3-2-6-16(18)24/h2-3,6-7,9-11,15H,4-5,8,12-13H2,1H3,(H,26,31)(H,28,30)(H,29,32)/b27-11-/t15-/m0/s1. The zero-order chi connectivity index (χ0) is 25.2. The van der Waals surface area contributed by atoms with Crippen LogP contribution in [0.3, 0.4) is 0 Å². The second-order valence-electron chi connectivity index (χ2n) is 7.39. The smallest absolute Gasteiger partial charge is 0.329 e. The van der Waals surface area contributed by atoms with Crippen LogP contribution in [0.15, 0.2) is 41.5 Å².